The highest BCUT2D eigenvalue weighted by Crippen LogP contribution is 2.15. The minimum absolute atomic E-state index is 0.126. The zero-order chi connectivity index (χ0) is 13.6. The Bertz CT molecular complexity index is 336. The van der Waals surface area contributed by atoms with Crippen LogP contribution in [0.4, 0.5) is 0 Å². The van der Waals surface area contributed by atoms with Gasteiger partial charge in [-0.25, -0.2) is 0 Å². The third-order valence-corrected chi connectivity index (χ3v) is 3.53. The van der Waals surface area contributed by atoms with E-state index in [9.17, 15) is 0 Å². The lowest BCUT2D eigenvalue weighted by Gasteiger charge is -2.34. The lowest BCUT2D eigenvalue weighted by molar-refractivity contribution is 0.143. The number of hydrogen-bond acceptors (Lipinski definition) is 3. The smallest absolute Gasteiger partial charge is 0.0657 e. The molecule has 0 saturated heterocycles. The fourth-order valence-corrected chi connectivity index (χ4v) is 1.66. The molecule has 0 heterocycles. The summed E-state index contributed by atoms with van der Waals surface area (Å²) in [6.07, 6.45) is 0. The maximum Gasteiger partial charge on any atom is 0.0657 e. The van der Waals surface area contributed by atoms with E-state index < -0.39 is 0 Å². The molecule has 0 aliphatic heterocycles. The molecule has 0 saturated carbocycles. The number of rotatable bonds is 7. The van der Waals surface area contributed by atoms with Gasteiger partial charge in [0.25, 0.3) is 0 Å². The molecule has 1 aromatic carbocycles. The van der Waals surface area contributed by atoms with Gasteiger partial charge < -0.3 is 15.0 Å². The van der Waals surface area contributed by atoms with Crippen molar-refractivity contribution in [2.75, 3.05) is 34.4 Å². The molecule has 1 aromatic rings. The highest BCUT2D eigenvalue weighted by atomic mass is 16.5. The molecule has 102 valence electrons. The van der Waals surface area contributed by atoms with Crippen molar-refractivity contribution in [2.24, 2.45) is 0 Å². The third kappa shape index (κ3) is 4.41. The van der Waals surface area contributed by atoms with Gasteiger partial charge in [-0.3, -0.25) is 0 Å². The van der Waals surface area contributed by atoms with Crippen molar-refractivity contribution in [1.29, 1.82) is 0 Å². The van der Waals surface area contributed by atoms with E-state index in [0.29, 0.717) is 6.61 Å². The van der Waals surface area contributed by atoms with Crippen LogP contribution in [-0.2, 0) is 4.74 Å². The lowest BCUT2D eigenvalue weighted by atomic mass is 10.0. The van der Waals surface area contributed by atoms with Crippen molar-refractivity contribution < 1.29 is 4.74 Å². The molecule has 0 bridgehead atoms. The van der Waals surface area contributed by atoms with Crippen LogP contribution >= 0.6 is 0 Å². The monoisotopic (exact) mass is 250 g/mol. The molecule has 0 aromatic heterocycles. The topological polar surface area (TPSA) is 24.5 Å². The Kier molecular flexibility index (Phi) is 5.79. The average Bonchev–Trinajstić information content (AvgIpc) is 2.35. The zero-order valence-electron chi connectivity index (χ0n) is 12.2. The number of hydrogen-bond donors (Lipinski definition) is 1. The predicted molar refractivity (Wildman–Crippen MR) is 76.8 cm³/mol. The Labute approximate surface area is 111 Å². The summed E-state index contributed by atoms with van der Waals surface area (Å²) in [6, 6.07) is 10.7. The molecule has 0 spiro atoms. The molecule has 1 unspecified atom stereocenters. The van der Waals surface area contributed by atoms with Crippen molar-refractivity contribution in [1.82, 2.24) is 10.2 Å². The summed E-state index contributed by atoms with van der Waals surface area (Å²) in [6.45, 7) is 6.07. The maximum absolute atomic E-state index is 5.31. The number of ether oxygens (including phenoxy) is 1. The van der Waals surface area contributed by atoms with Crippen LogP contribution in [0.2, 0.25) is 0 Å². The van der Waals surface area contributed by atoms with E-state index in [1.165, 1.54) is 5.56 Å². The Balaban J connectivity index is 2.65. The summed E-state index contributed by atoms with van der Waals surface area (Å²) in [5.41, 5.74) is 1.40. The molecular formula is C15H26N2O. The zero-order valence-corrected chi connectivity index (χ0v) is 12.2. The van der Waals surface area contributed by atoms with Crippen LogP contribution in [-0.4, -0.2) is 44.8 Å². The van der Waals surface area contributed by atoms with Crippen molar-refractivity contribution >= 4 is 0 Å². The molecule has 0 amide bonds. The molecule has 0 aliphatic rings. The SMILES string of the molecule is COCC(NCC(C)(C)N(C)C)c1ccccc1. The quantitative estimate of drug-likeness (QED) is 0.803. The number of likely N-dealkylation sites (N-methyl/N-ethyl adjacent to an activating group) is 1. The van der Waals surface area contributed by atoms with Gasteiger partial charge >= 0.3 is 0 Å². The number of nitrogens with one attached hydrogen (secondary N) is 1. The summed E-state index contributed by atoms with van der Waals surface area (Å²) in [5.74, 6) is 0. The molecule has 1 N–H and O–H groups in total. The van der Waals surface area contributed by atoms with Gasteiger partial charge in [-0.15, -0.1) is 0 Å². The lowest BCUT2D eigenvalue weighted by Crippen LogP contribution is -2.48. The van der Waals surface area contributed by atoms with Crippen molar-refractivity contribution in [3.8, 4) is 0 Å². The molecule has 3 heteroatoms. The van der Waals surface area contributed by atoms with Gasteiger partial charge in [-0.05, 0) is 33.5 Å². The van der Waals surface area contributed by atoms with Gasteiger partial charge in [0, 0.05) is 19.2 Å². The largest absolute Gasteiger partial charge is 0.383 e. The van der Waals surface area contributed by atoms with Gasteiger partial charge in [0.05, 0.1) is 12.6 Å². The van der Waals surface area contributed by atoms with Gasteiger partial charge in [0.1, 0.15) is 0 Å². The highest BCUT2D eigenvalue weighted by molar-refractivity contribution is 5.19. The van der Waals surface area contributed by atoms with Gasteiger partial charge in [-0.2, -0.15) is 0 Å². The van der Waals surface area contributed by atoms with Gasteiger partial charge in [-0.1, -0.05) is 30.3 Å². The highest BCUT2D eigenvalue weighted by Gasteiger charge is 2.22. The molecule has 0 fully saturated rings. The van der Waals surface area contributed by atoms with Crippen molar-refractivity contribution in [3.63, 3.8) is 0 Å². The number of methoxy groups -OCH3 is 1. The Morgan fingerprint density at radius 1 is 1.22 bits per heavy atom. The molecule has 1 atom stereocenters. The van der Waals surface area contributed by atoms with Gasteiger partial charge in [0.15, 0.2) is 0 Å². The van der Waals surface area contributed by atoms with E-state index in [1.54, 1.807) is 7.11 Å². The number of benzene rings is 1. The first kappa shape index (κ1) is 15.2. The molecule has 3 nitrogen and oxygen atoms in total. The van der Waals surface area contributed by atoms with Crippen LogP contribution in [0.25, 0.3) is 0 Å². The van der Waals surface area contributed by atoms with Crippen molar-refractivity contribution in [2.45, 2.75) is 25.4 Å². The summed E-state index contributed by atoms with van der Waals surface area (Å²) < 4.78 is 5.31. The summed E-state index contributed by atoms with van der Waals surface area (Å²) >= 11 is 0. The number of nitrogens with zero attached hydrogens (tertiary/aromatic N) is 1. The van der Waals surface area contributed by atoms with Crippen LogP contribution in [0, 0.1) is 0 Å². The molecule has 18 heavy (non-hydrogen) atoms. The normalized spacial score (nSPS) is 13.9. The van der Waals surface area contributed by atoms with Gasteiger partial charge in [0.2, 0.25) is 0 Å². The second-order valence-electron chi connectivity index (χ2n) is 5.51. The van der Waals surface area contributed by atoms with E-state index in [4.69, 9.17) is 4.74 Å². The summed E-state index contributed by atoms with van der Waals surface area (Å²) in [5, 5.41) is 3.59. The van der Waals surface area contributed by atoms with Crippen LogP contribution in [0.15, 0.2) is 30.3 Å². The first-order valence-corrected chi connectivity index (χ1v) is 6.42. The summed E-state index contributed by atoms with van der Waals surface area (Å²) in [7, 11) is 5.96. The molecule has 0 radical (unpaired) electrons. The fraction of sp³-hybridized carbons (Fsp3) is 0.600. The van der Waals surface area contributed by atoms with Crippen LogP contribution in [0.3, 0.4) is 0 Å². The van der Waals surface area contributed by atoms with Crippen molar-refractivity contribution in [3.05, 3.63) is 35.9 Å². The van der Waals surface area contributed by atoms with E-state index in [0.717, 1.165) is 6.54 Å². The standard InChI is InChI=1S/C15H26N2O/c1-15(2,17(3)4)12-16-14(11-18-5)13-9-7-6-8-10-13/h6-10,14,16H,11-12H2,1-5H3. The van der Waals surface area contributed by atoms with E-state index in [1.807, 2.05) is 6.07 Å². The van der Waals surface area contributed by atoms with E-state index >= 15 is 0 Å². The van der Waals surface area contributed by atoms with Crippen LogP contribution in [0.1, 0.15) is 25.5 Å². The van der Waals surface area contributed by atoms with Crippen LogP contribution in [0.5, 0.6) is 0 Å². The Morgan fingerprint density at radius 3 is 2.33 bits per heavy atom. The molecule has 1 rings (SSSR count). The second-order valence-corrected chi connectivity index (χ2v) is 5.51. The Hall–Kier alpha value is -0.900. The van der Waals surface area contributed by atoms with E-state index in [-0.39, 0.29) is 11.6 Å². The van der Waals surface area contributed by atoms with E-state index in [2.05, 4.69) is 62.4 Å². The Morgan fingerprint density at radius 2 is 1.83 bits per heavy atom. The molecule has 0 aliphatic carbocycles. The first-order valence-electron chi connectivity index (χ1n) is 6.42. The second kappa shape index (κ2) is 6.88. The minimum atomic E-state index is 0.126. The third-order valence-electron chi connectivity index (χ3n) is 3.53. The maximum atomic E-state index is 5.31. The predicted octanol–water partition coefficient (Wildman–Crippen LogP) is 2.30. The van der Waals surface area contributed by atoms with Crippen LogP contribution < -0.4 is 5.32 Å². The fourth-order valence-electron chi connectivity index (χ4n) is 1.66. The molecular weight excluding hydrogens is 224 g/mol. The average molecular weight is 250 g/mol. The minimum Gasteiger partial charge on any atom is -0.383 e. The first-order chi connectivity index (χ1) is 8.47. The summed E-state index contributed by atoms with van der Waals surface area (Å²) in [4.78, 5) is 2.23.